The molecular weight excluding hydrogens is 354 g/mol. The summed E-state index contributed by atoms with van der Waals surface area (Å²) in [6, 6.07) is 0. The lowest BCUT2D eigenvalue weighted by Gasteiger charge is -2.36. The Morgan fingerprint density at radius 1 is 1.32 bits per heavy atom. The van der Waals surface area contributed by atoms with Gasteiger partial charge in [0.2, 0.25) is 0 Å². The van der Waals surface area contributed by atoms with Gasteiger partial charge in [-0.05, 0) is 57.2 Å². The number of hydrogen-bond acceptors (Lipinski definition) is 5. The van der Waals surface area contributed by atoms with Crippen molar-refractivity contribution in [2.45, 2.75) is 45.6 Å². The number of rotatable bonds is 10. The predicted molar refractivity (Wildman–Crippen MR) is 111 cm³/mol. The molecule has 6 nitrogen and oxygen atoms in total. The average Bonchev–Trinajstić information content (AvgIpc) is 3.17. The van der Waals surface area contributed by atoms with E-state index in [1.165, 1.54) is 16.8 Å². The third kappa shape index (κ3) is 5.66. The summed E-state index contributed by atoms with van der Waals surface area (Å²) in [6.07, 6.45) is 9.70. The molecule has 1 N–H and O–H groups in total. The fourth-order valence-corrected chi connectivity index (χ4v) is 4.25. The lowest BCUT2D eigenvalue weighted by atomic mass is 9.75. The van der Waals surface area contributed by atoms with Gasteiger partial charge in [0.1, 0.15) is 0 Å². The van der Waals surface area contributed by atoms with Gasteiger partial charge in [0, 0.05) is 44.5 Å². The molecule has 2 aliphatic rings. The molecule has 0 aromatic carbocycles. The molecule has 0 radical (unpaired) electrons. The minimum Gasteiger partial charge on any atom is -0.384 e. The van der Waals surface area contributed by atoms with Crippen molar-refractivity contribution < 1.29 is 14.2 Å². The highest BCUT2D eigenvalue weighted by atomic mass is 16.5. The van der Waals surface area contributed by atoms with Crippen LogP contribution in [0.1, 0.15) is 50.3 Å². The summed E-state index contributed by atoms with van der Waals surface area (Å²) in [5.74, 6) is 0.645. The fourth-order valence-electron chi connectivity index (χ4n) is 4.25. The van der Waals surface area contributed by atoms with E-state index in [-0.39, 0.29) is 5.41 Å². The van der Waals surface area contributed by atoms with Gasteiger partial charge in [0.15, 0.2) is 0 Å². The fraction of sp³-hybridized carbons (Fsp3) is 0.773. The molecule has 0 bridgehead atoms. The Labute approximate surface area is 169 Å². The molecule has 3 rings (SSSR count). The molecule has 1 aromatic heterocycles. The van der Waals surface area contributed by atoms with Crippen LogP contribution >= 0.6 is 0 Å². The van der Waals surface area contributed by atoms with Gasteiger partial charge in [-0.25, -0.2) is 0 Å². The van der Waals surface area contributed by atoms with Crippen LogP contribution in [0, 0.1) is 11.3 Å². The third-order valence-corrected chi connectivity index (χ3v) is 6.28. The van der Waals surface area contributed by atoms with E-state index >= 15 is 0 Å². The summed E-state index contributed by atoms with van der Waals surface area (Å²) in [5.41, 5.74) is 3.96. The first-order valence-corrected chi connectivity index (χ1v) is 10.7. The number of nitrogens with zero attached hydrogens (tertiary/aromatic N) is 2. The quantitative estimate of drug-likeness (QED) is 0.661. The second-order valence-corrected chi connectivity index (χ2v) is 8.54. The summed E-state index contributed by atoms with van der Waals surface area (Å²) in [6.45, 7) is 8.27. The standard InChI is InChI=1S/C22H37N3O3/c1-4-25(2)14-20-13-23-24-21(20)19-5-9-22(10-6-19,16-26-3)17-28-15-18-7-11-27-12-8-18/h5,13,18H,4,6-12,14-17H2,1-3H3,(H,23,24). The smallest absolute Gasteiger partial charge is 0.0651 e. The number of H-pyrrole nitrogens is 1. The highest BCUT2D eigenvalue weighted by molar-refractivity contribution is 5.66. The Hall–Kier alpha value is -1.21. The first-order valence-electron chi connectivity index (χ1n) is 10.7. The van der Waals surface area contributed by atoms with Crippen molar-refractivity contribution >= 4 is 5.57 Å². The normalized spacial score (nSPS) is 23.9. The van der Waals surface area contributed by atoms with E-state index in [1.54, 1.807) is 7.11 Å². The van der Waals surface area contributed by atoms with Gasteiger partial charge >= 0.3 is 0 Å². The predicted octanol–water partition coefficient (Wildman–Crippen LogP) is 3.50. The summed E-state index contributed by atoms with van der Waals surface area (Å²) in [5, 5.41) is 7.54. The maximum Gasteiger partial charge on any atom is 0.0651 e. The Kier molecular flexibility index (Phi) is 8.09. The molecule has 1 unspecified atom stereocenters. The van der Waals surface area contributed by atoms with Crippen LogP contribution in [0.5, 0.6) is 0 Å². The van der Waals surface area contributed by atoms with Gasteiger partial charge in [0.25, 0.3) is 0 Å². The van der Waals surface area contributed by atoms with Gasteiger partial charge in [0.05, 0.1) is 25.1 Å². The minimum absolute atomic E-state index is 0.0871. The Bertz CT molecular complexity index is 624. The summed E-state index contributed by atoms with van der Waals surface area (Å²) in [7, 11) is 3.94. The van der Waals surface area contributed by atoms with Crippen LogP contribution < -0.4 is 0 Å². The van der Waals surface area contributed by atoms with Crippen molar-refractivity contribution in [2.24, 2.45) is 11.3 Å². The van der Waals surface area contributed by atoms with Crippen molar-refractivity contribution in [1.82, 2.24) is 15.1 Å². The Morgan fingerprint density at radius 2 is 2.14 bits per heavy atom. The van der Waals surface area contributed by atoms with Gasteiger partial charge < -0.3 is 19.1 Å². The first kappa shape index (κ1) is 21.5. The lowest BCUT2D eigenvalue weighted by molar-refractivity contribution is -0.0375. The molecule has 1 aromatic rings. The van der Waals surface area contributed by atoms with Crippen LogP contribution in [-0.2, 0) is 20.8 Å². The van der Waals surface area contributed by atoms with E-state index < -0.39 is 0 Å². The van der Waals surface area contributed by atoms with Crippen LogP contribution in [0.4, 0.5) is 0 Å². The molecule has 158 valence electrons. The van der Waals surface area contributed by atoms with Crippen LogP contribution in [0.2, 0.25) is 0 Å². The van der Waals surface area contributed by atoms with Gasteiger partial charge in [-0.2, -0.15) is 5.10 Å². The maximum absolute atomic E-state index is 6.19. The largest absolute Gasteiger partial charge is 0.384 e. The summed E-state index contributed by atoms with van der Waals surface area (Å²) < 4.78 is 17.2. The first-order chi connectivity index (χ1) is 13.7. The lowest BCUT2D eigenvalue weighted by Crippen LogP contribution is -2.34. The van der Waals surface area contributed by atoms with Crippen molar-refractivity contribution in [2.75, 3.05) is 53.7 Å². The van der Waals surface area contributed by atoms with Gasteiger partial charge in [-0.3, -0.25) is 5.10 Å². The molecule has 0 saturated carbocycles. The zero-order chi connectivity index (χ0) is 19.8. The average molecular weight is 392 g/mol. The van der Waals surface area contributed by atoms with Crippen LogP contribution in [0.3, 0.4) is 0 Å². The van der Waals surface area contributed by atoms with E-state index in [2.05, 4.69) is 35.1 Å². The number of aromatic amines is 1. The highest BCUT2D eigenvalue weighted by Gasteiger charge is 2.34. The van der Waals surface area contributed by atoms with Crippen molar-refractivity contribution in [1.29, 1.82) is 0 Å². The summed E-state index contributed by atoms with van der Waals surface area (Å²) in [4.78, 5) is 2.30. The maximum atomic E-state index is 6.19. The van der Waals surface area contributed by atoms with E-state index in [1.807, 2.05) is 6.20 Å². The molecular formula is C22H37N3O3. The molecule has 1 atom stereocenters. The highest BCUT2D eigenvalue weighted by Crippen LogP contribution is 2.40. The Balaban J connectivity index is 1.59. The zero-order valence-electron chi connectivity index (χ0n) is 17.8. The van der Waals surface area contributed by atoms with Crippen LogP contribution in [0.25, 0.3) is 5.57 Å². The monoisotopic (exact) mass is 391 g/mol. The van der Waals surface area contributed by atoms with Crippen LogP contribution in [-0.4, -0.2) is 68.8 Å². The Morgan fingerprint density at radius 3 is 2.82 bits per heavy atom. The molecule has 0 amide bonds. The van der Waals surface area contributed by atoms with E-state index in [9.17, 15) is 0 Å². The molecule has 28 heavy (non-hydrogen) atoms. The molecule has 6 heteroatoms. The van der Waals surface area contributed by atoms with Crippen molar-refractivity contribution in [3.8, 4) is 0 Å². The molecule has 1 aliphatic carbocycles. The third-order valence-electron chi connectivity index (χ3n) is 6.28. The van der Waals surface area contributed by atoms with E-state index in [4.69, 9.17) is 14.2 Å². The number of aromatic nitrogens is 2. The van der Waals surface area contributed by atoms with Gasteiger partial charge in [-0.15, -0.1) is 0 Å². The molecule has 1 fully saturated rings. The van der Waals surface area contributed by atoms with E-state index in [0.717, 1.165) is 78.2 Å². The zero-order valence-corrected chi connectivity index (χ0v) is 17.8. The van der Waals surface area contributed by atoms with Crippen molar-refractivity contribution in [3.63, 3.8) is 0 Å². The SMILES string of the molecule is CCN(C)Cc1cn[nH]c1C1=CCC(COC)(COCC2CCOCC2)CC1. The molecule has 1 saturated heterocycles. The summed E-state index contributed by atoms with van der Waals surface area (Å²) >= 11 is 0. The number of hydrogen-bond donors (Lipinski definition) is 1. The number of methoxy groups -OCH3 is 1. The second-order valence-electron chi connectivity index (χ2n) is 8.54. The van der Waals surface area contributed by atoms with E-state index in [0.29, 0.717) is 5.92 Å². The molecule has 2 heterocycles. The molecule has 0 spiro atoms. The second kappa shape index (κ2) is 10.5. The minimum atomic E-state index is 0.0871. The van der Waals surface area contributed by atoms with Crippen molar-refractivity contribution in [3.05, 3.63) is 23.5 Å². The topological polar surface area (TPSA) is 59.6 Å². The molecule has 1 aliphatic heterocycles. The van der Waals surface area contributed by atoms with Crippen LogP contribution in [0.15, 0.2) is 12.3 Å². The van der Waals surface area contributed by atoms with Gasteiger partial charge in [-0.1, -0.05) is 13.0 Å². The number of allylic oxidation sites excluding steroid dienone is 2. The number of nitrogens with one attached hydrogen (secondary N) is 1. The number of ether oxygens (including phenoxy) is 3.